The van der Waals surface area contributed by atoms with Crippen molar-refractivity contribution in [3.63, 3.8) is 0 Å². The Balaban J connectivity index is 1.36. The van der Waals surface area contributed by atoms with Crippen LogP contribution in [0, 0.1) is 23.7 Å². The predicted octanol–water partition coefficient (Wildman–Crippen LogP) is 4.82. The third kappa shape index (κ3) is 7.28. The van der Waals surface area contributed by atoms with E-state index in [1.165, 1.54) is 6.92 Å². The number of ether oxygens (including phenoxy) is 9. The number of hydrogen-bond donors (Lipinski definition) is 0. The second-order valence-electron chi connectivity index (χ2n) is 13.3. The Morgan fingerprint density at radius 2 is 1.44 bits per heavy atom. The van der Waals surface area contributed by atoms with Crippen LogP contribution in [-0.4, -0.2) is 80.0 Å². The van der Waals surface area contributed by atoms with Gasteiger partial charge in [0.05, 0.1) is 31.5 Å². The molecule has 10 heteroatoms. The Bertz CT molecular complexity index is 1070. The van der Waals surface area contributed by atoms with Gasteiger partial charge in [0.15, 0.2) is 30.8 Å². The van der Waals surface area contributed by atoms with Gasteiger partial charge < -0.3 is 42.6 Å². The molecule has 10 nitrogen and oxygen atoms in total. The summed E-state index contributed by atoms with van der Waals surface area (Å²) in [6, 6.07) is 9.87. The van der Waals surface area contributed by atoms with Gasteiger partial charge in [-0.15, -0.1) is 0 Å². The Kier molecular flexibility index (Phi) is 10.2. The van der Waals surface area contributed by atoms with Crippen molar-refractivity contribution in [3.05, 3.63) is 35.9 Å². The summed E-state index contributed by atoms with van der Waals surface area (Å²) in [4.78, 5) is 12.3. The molecule has 0 radical (unpaired) electrons. The van der Waals surface area contributed by atoms with E-state index in [9.17, 15) is 4.79 Å². The van der Waals surface area contributed by atoms with Gasteiger partial charge in [-0.3, -0.25) is 4.79 Å². The normalized spacial score (nSPS) is 44.5. The first-order valence-electron chi connectivity index (χ1n) is 15.8. The first-order valence-corrected chi connectivity index (χ1v) is 15.8. The SMILES string of the molecule is CC(=O)OC1[C@H](OC2[C@@H](OCc3ccccc3)OC(C)[C@@H]3OC(C)(C)O[C@H]23)OC(C)[C@H](O[C@@H]2OC[C@@H](C)[C@H](C)C2C)[C@@H]1C. The molecule has 0 aliphatic carbocycles. The highest BCUT2D eigenvalue weighted by molar-refractivity contribution is 5.66. The third-order valence-electron chi connectivity index (χ3n) is 9.50. The lowest BCUT2D eigenvalue weighted by atomic mass is 9.82. The average Bonchev–Trinajstić information content (AvgIpc) is 3.29. The first-order chi connectivity index (χ1) is 20.3. The van der Waals surface area contributed by atoms with Gasteiger partial charge in [0.2, 0.25) is 0 Å². The average molecular weight is 607 g/mol. The van der Waals surface area contributed by atoms with Crippen molar-refractivity contribution < 1.29 is 47.4 Å². The fourth-order valence-electron chi connectivity index (χ4n) is 6.70. The molecule has 242 valence electrons. The minimum Gasteiger partial charge on any atom is -0.457 e. The lowest BCUT2D eigenvalue weighted by molar-refractivity contribution is -0.362. The van der Waals surface area contributed by atoms with Gasteiger partial charge in [-0.05, 0) is 45.1 Å². The van der Waals surface area contributed by atoms with Crippen molar-refractivity contribution >= 4 is 5.97 Å². The molecular weight excluding hydrogens is 556 g/mol. The Labute approximate surface area is 255 Å². The number of benzene rings is 1. The van der Waals surface area contributed by atoms with Gasteiger partial charge >= 0.3 is 5.97 Å². The molecule has 4 aliphatic heterocycles. The van der Waals surface area contributed by atoms with Crippen molar-refractivity contribution in [2.45, 2.75) is 136 Å². The van der Waals surface area contributed by atoms with Gasteiger partial charge in [-0.2, -0.15) is 0 Å². The lowest BCUT2D eigenvalue weighted by Crippen LogP contribution is -2.62. The number of carbonyl (C=O) groups excluding carboxylic acids is 1. The molecular formula is C33H50O10. The molecule has 0 bridgehead atoms. The highest BCUT2D eigenvalue weighted by Gasteiger charge is 2.57. The summed E-state index contributed by atoms with van der Waals surface area (Å²) in [5.74, 6) is -0.433. The van der Waals surface area contributed by atoms with Crippen LogP contribution in [0.15, 0.2) is 30.3 Å². The molecule has 1 aromatic rings. The van der Waals surface area contributed by atoms with Gasteiger partial charge in [0.25, 0.3) is 0 Å². The van der Waals surface area contributed by atoms with Crippen LogP contribution in [0.4, 0.5) is 0 Å². The third-order valence-corrected chi connectivity index (χ3v) is 9.50. The predicted molar refractivity (Wildman–Crippen MR) is 155 cm³/mol. The molecule has 0 saturated carbocycles. The maximum absolute atomic E-state index is 12.3. The summed E-state index contributed by atoms with van der Waals surface area (Å²) in [6.45, 7) is 18.6. The van der Waals surface area contributed by atoms with Crippen molar-refractivity contribution in [1.29, 1.82) is 0 Å². The molecule has 0 spiro atoms. The molecule has 5 unspecified atom stereocenters. The zero-order valence-corrected chi connectivity index (χ0v) is 27.0. The highest BCUT2D eigenvalue weighted by Crippen LogP contribution is 2.42. The van der Waals surface area contributed by atoms with Crippen LogP contribution >= 0.6 is 0 Å². The van der Waals surface area contributed by atoms with E-state index in [4.69, 9.17) is 42.6 Å². The zero-order valence-electron chi connectivity index (χ0n) is 27.0. The standard InChI is InChI=1S/C33H50O10/c1-17-15-35-30(19(3)18(17)2)40-25-20(4)26(39-23(7)34)32(38-21(25)5)41-29-28-27(42-33(8,9)43-28)22(6)37-31(29)36-16-24-13-11-10-12-14-24/h10-14,17-22,25-32H,15-16H2,1-9H3/t17-,18+,19?,20+,21?,22?,25-,26?,27+,28+,29?,30+,31+,32+/m1/s1. The maximum Gasteiger partial charge on any atom is 0.303 e. The van der Waals surface area contributed by atoms with Crippen LogP contribution in [0.2, 0.25) is 0 Å². The molecule has 5 rings (SSSR count). The molecule has 4 heterocycles. The van der Waals surface area contributed by atoms with E-state index in [1.807, 2.05) is 65.0 Å². The van der Waals surface area contributed by atoms with Crippen molar-refractivity contribution in [1.82, 2.24) is 0 Å². The summed E-state index contributed by atoms with van der Waals surface area (Å²) in [6.07, 6.45) is -5.51. The highest BCUT2D eigenvalue weighted by atomic mass is 16.8. The Hall–Kier alpha value is -1.63. The quantitative estimate of drug-likeness (QED) is 0.383. The van der Waals surface area contributed by atoms with Crippen LogP contribution in [0.1, 0.15) is 67.9 Å². The second kappa shape index (κ2) is 13.4. The van der Waals surface area contributed by atoms with E-state index < -0.39 is 42.6 Å². The molecule has 0 N–H and O–H groups in total. The number of carbonyl (C=O) groups is 1. The van der Waals surface area contributed by atoms with Crippen LogP contribution in [0.5, 0.6) is 0 Å². The van der Waals surface area contributed by atoms with Gasteiger partial charge in [0, 0.05) is 18.8 Å². The monoisotopic (exact) mass is 606 g/mol. The van der Waals surface area contributed by atoms with Crippen LogP contribution in [0.25, 0.3) is 0 Å². The van der Waals surface area contributed by atoms with Crippen molar-refractivity contribution in [2.75, 3.05) is 6.61 Å². The van der Waals surface area contributed by atoms with E-state index >= 15 is 0 Å². The smallest absolute Gasteiger partial charge is 0.303 e. The molecule has 4 saturated heterocycles. The summed E-state index contributed by atoms with van der Waals surface area (Å²) in [5.41, 5.74) is 1.00. The fraction of sp³-hybridized carbons (Fsp3) is 0.788. The Morgan fingerprint density at radius 1 is 0.791 bits per heavy atom. The largest absolute Gasteiger partial charge is 0.457 e. The van der Waals surface area contributed by atoms with E-state index in [-0.39, 0.29) is 42.5 Å². The van der Waals surface area contributed by atoms with E-state index in [2.05, 4.69) is 20.8 Å². The topological polar surface area (TPSA) is 100 Å². The van der Waals surface area contributed by atoms with Gasteiger partial charge in [-0.25, -0.2) is 0 Å². The fourth-order valence-corrected chi connectivity index (χ4v) is 6.70. The van der Waals surface area contributed by atoms with Crippen LogP contribution in [0.3, 0.4) is 0 Å². The minimum absolute atomic E-state index is 0.202. The van der Waals surface area contributed by atoms with Gasteiger partial charge in [-0.1, -0.05) is 58.0 Å². The maximum atomic E-state index is 12.3. The molecule has 0 amide bonds. The molecule has 0 aromatic heterocycles. The van der Waals surface area contributed by atoms with Gasteiger partial charge in [0.1, 0.15) is 18.3 Å². The molecule has 4 aliphatic rings. The number of hydrogen-bond acceptors (Lipinski definition) is 10. The van der Waals surface area contributed by atoms with E-state index in [1.54, 1.807) is 0 Å². The minimum atomic E-state index is -0.921. The van der Waals surface area contributed by atoms with Crippen molar-refractivity contribution in [2.24, 2.45) is 23.7 Å². The Morgan fingerprint density at radius 3 is 2.14 bits per heavy atom. The molecule has 4 fully saturated rings. The van der Waals surface area contributed by atoms with Crippen molar-refractivity contribution in [3.8, 4) is 0 Å². The summed E-state index contributed by atoms with van der Waals surface area (Å²) in [5, 5.41) is 0. The molecule has 14 atom stereocenters. The van der Waals surface area contributed by atoms with E-state index in [0.717, 1.165) is 5.56 Å². The van der Waals surface area contributed by atoms with Crippen LogP contribution < -0.4 is 0 Å². The lowest BCUT2D eigenvalue weighted by Gasteiger charge is -2.48. The molecule has 43 heavy (non-hydrogen) atoms. The summed E-state index contributed by atoms with van der Waals surface area (Å²) in [7, 11) is 0. The van der Waals surface area contributed by atoms with Crippen LogP contribution in [-0.2, 0) is 54.0 Å². The summed E-state index contributed by atoms with van der Waals surface area (Å²) >= 11 is 0. The van der Waals surface area contributed by atoms with E-state index in [0.29, 0.717) is 25.0 Å². The number of esters is 1. The summed E-state index contributed by atoms with van der Waals surface area (Å²) < 4.78 is 56.9. The zero-order chi connectivity index (χ0) is 31.1. The second-order valence-corrected chi connectivity index (χ2v) is 13.3. The number of fused-ring (bicyclic) bond motifs is 1. The number of rotatable bonds is 8. The molecule has 1 aromatic carbocycles. The first kappa shape index (κ1) is 32.8.